The van der Waals surface area contributed by atoms with Gasteiger partial charge in [0.25, 0.3) is 5.56 Å². The van der Waals surface area contributed by atoms with Gasteiger partial charge in [0.15, 0.2) is 0 Å². The van der Waals surface area contributed by atoms with E-state index in [1.165, 1.54) is 6.07 Å². The van der Waals surface area contributed by atoms with Crippen LogP contribution in [-0.4, -0.2) is 23.1 Å². The number of nitrogens with zero attached hydrogens (tertiary/aromatic N) is 1. The van der Waals surface area contributed by atoms with Gasteiger partial charge in [-0.05, 0) is 25.8 Å². The number of aromatic amines is 1. The number of nitrogens with one attached hydrogen (secondary N) is 2. The summed E-state index contributed by atoms with van der Waals surface area (Å²) in [6, 6.07) is 1.47. The van der Waals surface area contributed by atoms with Crippen molar-refractivity contribution in [2.45, 2.75) is 26.7 Å². The molecular formula is C11H20N4O. The molecule has 1 aromatic rings. The van der Waals surface area contributed by atoms with Crippen molar-refractivity contribution in [1.82, 2.24) is 9.97 Å². The maximum absolute atomic E-state index is 11.2. The van der Waals surface area contributed by atoms with Gasteiger partial charge in [-0.15, -0.1) is 0 Å². The minimum absolute atomic E-state index is 0.123. The van der Waals surface area contributed by atoms with Crippen LogP contribution in [-0.2, 0) is 0 Å². The molecule has 0 spiro atoms. The highest BCUT2D eigenvalue weighted by atomic mass is 16.1. The molecular weight excluding hydrogens is 204 g/mol. The minimum Gasteiger partial charge on any atom is -0.370 e. The first-order chi connectivity index (χ1) is 7.65. The van der Waals surface area contributed by atoms with Crippen LogP contribution in [0.3, 0.4) is 0 Å². The molecule has 16 heavy (non-hydrogen) atoms. The molecule has 0 saturated carbocycles. The predicted molar refractivity (Wildman–Crippen MR) is 65.5 cm³/mol. The average Bonchev–Trinajstić information content (AvgIpc) is 2.23. The maximum atomic E-state index is 11.2. The Morgan fingerprint density at radius 1 is 1.62 bits per heavy atom. The van der Waals surface area contributed by atoms with Gasteiger partial charge >= 0.3 is 0 Å². The fourth-order valence-electron chi connectivity index (χ4n) is 1.61. The Hall–Kier alpha value is -1.36. The van der Waals surface area contributed by atoms with E-state index >= 15 is 0 Å². The monoisotopic (exact) mass is 224 g/mol. The molecule has 0 fully saturated rings. The molecule has 1 unspecified atom stereocenters. The Kier molecular flexibility index (Phi) is 4.98. The summed E-state index contributed by atoms with van der Waals surface area (Å²) in [4.78, 5) is 18.0. The van der Waals surface area contributed by atoms with Crippen molar-refractivity contribution in [2.75, 3.05) is 18.4 Å². The number of anilines is 1. The number of rotatable bonds is 6. The van der Waals surface area contributed by atoms with Gasteiger partial charge in [-0.1, -0.05) is 13.3 Å². The van der Waals surface area contributed by atoms with E-state index in [0.717, 1.165) is 19.4 Å². The minimum atomic E-state index is -0.123. The smallest absolute Gasteiger partial charge is 0.252 e. The third-order valence-corrected chi connectivity index (χ3v) is 2.58. The van der Waals surface area contributed by atoms with Crippen LogP contribution in [0.15, 0.2) is 10.9 Å². The van der Waals surface area contributed by atoms with Crippen LogP contribution in [0, 0.1) is 12.8 Å². The lowest BCUT2D eigenvalue weighted by Crippen LogP contribution is -2.19. The topological polar surface area (TPSA) is 83.8 Å². The van der Waals surface area contributed by atoms with Gasteiger partial charge in [-0.25, -0.2) is 4.98 Å². The third kappa shape index (κ3) is 4.02. The molecule has 0 bridgehead atoms. The molecule has 5 nitrogen and oxygen atoms in total. The van der Waals surface area contributed by atoms with Gasteiger partial charge in [0.1, 0.15) is 11.6 Å². The van der Waals surface area contributed by atoms with Gasteiger partial charge in [-0.3, -0.25) is 4.79 Å². The summed E-state index contributed by atoms with van der Waals surface area (Å²) in [6.07, 6.45) is 2.07. The van der Waals surface area contributed by atoms with E-state index in [1.807, 2.05) is 0 Å². The van der Waals surface area contributed by atoms with Crippen LogP contribution in [0.1, 0.15) is 25.6 Å². The highest BCUT2D eigenvalue weighted by Gasteiger charge is 2.05. The van der Waals surface area contributed by atoms with Crippen LogP contribution >= 0.6 is 0 Å². The molecule has 1 aromatic heterocycles. The Morgan fingerprint density at radius 3 is 2.94 bits per heavy atom. The summed E-state index contributed by atoms with van der Waals surface area (Å²) < 4.78 is 0. The number of hydrogen-bond acceptors (Lipinski definition) is 4. The molecule has 5 heteroatoms. The van der Waals surface area contributed by atoms with Crippen LogP contribution in [0.4, 0.5) is 5.82 Å². The van der Waals surface area contributed by atoms with Gasteiger partial charge in [-0.2, -0.15) is 0 Å². The lowest BCUT2D eigenvalue weighted by Gasteiger charge is -2.14. The van der Waals surface area contributed by atoms with Gasteiger partial charge in [0.05, 0.1) is 0 Å². The zero-order chi connectivity index (χ0) is 12.0. The SMILES string of the molecule is CCC(CCN)CNc1cc(=O)[nH]c(C)n1. The first kappa shape index (κ1) is 12.7. The second-order valence-corrected chi connectivity index (χ2v) is 3.95. The van der Waals surface area contributed by atoms with Crippen molar-refractivity contribution in [2.24, 2.45) is 11.7 Å². The first-order valence-electron chi connectivity index (χ1n) is 5.67. The maximum Gasteiger partial charge on any atom is 0.252 e. The Balaban J connectivity index is 2.56. The number of nitrogens with two attached hydrogens (primary N) is 1. The van der Waals surface area contributed by atoms with Gasteiger partial charge in [0.2, 0.25) is 0 Å². The number of aromatic nitrogens is 2. The van der Waals surface area contributed by atoms with E-state index in [4.69, 9.17) is 5.73 Å². The van der Waals surface area contributed by atoms with Crippen molar-refractivity contribution in [1.29, 1.82) is 0 Å². The lowest BCUT2D eigenvalue weighted by atomic mass is 10.0. The molecule has 1 atom stereocenters. The summed E-state index contributed by atoms with van der Waals surface area (Å²) >= 11 is 0. The Bertz CT molecular complexity index is 374. The average molecular weight is 224 g/mol. The predicted octanol–water partition coefficient (Wildman–Crippen LogP) is 0.865. The second kappa shape index (κ2) is 6.27. The fourth-order valence-corrected chi connectivity index (χ4v) is 1.61. The highest BCUT2D eigenvalue weighted by molar-refractivity contribution is 5.32. The fraction of sp³-hybridized carbons (Fsp3) is 0.636. The standard InChI is InChI=1S/C11H20N4O/c1-3-9(4-5-12)7-13-10-6-11(16)15-8(2)14-10/h6,9H,3-5,7,12H2,1-2H3,(H2,13,14,15,16). The summed E-state index contributed by atoms with van der Waals surface area (Å²) in [5.74, 6) is 1.80. The quantitative estimate of drug-likeness (QED) is 0.669. The number of aryl methyl sites for hydroxylation is 1. The normalized spacial score (nSPS) is 12.4. The first-order valence-corrected chi connectivity index (χ1v) is 5.67. The van der Waals surface area contributed by atoms with Crippen molar-refractivity contribution in [3.8, 4) is 0 Å². The van der Waals surface area contributed by atoms with Crippen LogP contribution in [0.2, 0.25) is 0 Å². The van der Waals surface area contributed by atoms with Crippen LogP contribution < -0.4 is 16.6 Å². The molecule has 90 valence electrons. The molecule has 0 amide bonds. The van der Waals surface area contributed by atoms with Crippen molar-refractivity contribution >= 4 is 5.82 Å². The molecule has 0 aliphatic heterocycles. The van der Waals surface area contributed by atoms with E-state index in [-0.39, 0.29) is 5.56 Å². The lowest BCUT2D eigenvalue weighted by molar-refractivity contribution is 0.501. The summed E-state index contributed by atoms with van der Waals surface area (Å²) in [5.41, 5.74) is 5.40. The molecule has 4 N–H and O–H groups in total. The molecule has 1 rings (SSSR count). The second-order valence-electron chi connectivity index (χ2n) is 3.95. The van der Waals surface area contributed by atoms with Crippen LogP contribution in [0.5, 0.6) is 0 Å². The number of H-pyrrole nitrogens is 1. The van der Waals surface area contributed by atoms with E-state index in [9.17, 15) is 4.79 Å². The highest BCUT2D eigenvalue weighted by Crippen LogP contribution is 2.08. The van der Waals surface area contributed by atoms with Crippen LogP contribution in [0.25, 0.3) is 0 Å². The molecule has 0 saturated heterocycles. The van der Waals surface area contributed by atoms with Gasteiger partial charge < -0.3 is 16.0 Å². The summed E-state index contributed by atoms with van der Waals surface area (Å²) in [5, 5.41) is 3.18. The van der Waals surface area contributed by atoms with Crippen molar-refractivity contribution in [3.05, 3.63) is 22.2 Å². The molecule has 0 aromatic carbocycles. The number of hydrogen-bond donors (Lipinski definition) is 3. The molecule has 0 radical (unpaired) electrons. The van der Waals surface area contributed by atoms with Crippen molar-refractivity contribution < 1.29 is 0 Å². The van der Waals surface area contributed by atoms with E-state index < -0.39 is 0 Å². The van der Waals surface area contributed by atoms with E-state index in [1.54, 1.807) is 6.92 Å². The molecule has 0 aliphatic carbocycles. The summed E-state index contributed by atoms with van der Waals surface area (Å²) in [7, 11) is 0. The zero-order valence-electron chi connectivity index (χ0n) is 9.92. The Morgan fingerprint density at radius 2 is 2.38 bits per heavy atom. The zero-order valence-corrected chi connectivity index (χ0v) is 9.92. The van der Waals surface area contributed by atoms with Crippen molar-refractivity contribution in [3.63, 3.8) is 0 Å². The Labute approximate surface area is 95.5 Å². The molecule has 1 heterocycles. The largest absolute Gasteiger partial charge is 0.370 e. The van der Waals surface area contributed by atoms with E-state index in [2.05, 4.69) is 22.2 Å². The third-order valence-electron chi connectivity index (χ3n) is 2.58. The van der Waals surface area contributed by atoms with Gasteiger partial charge in [0, 0.05) is 12.6 Å². The molecule has 0 aliphatic rings. The van der Waals surface area contributed by atoms with E-state index in [0.29, 0.717) is 24.1 Å². The summed E-state index contributed by atoms with van der Waals surface area (Å²) in [6.45, 7) is 5.41.